The quantitative estimate of drug-likeness (QED) is 0.701. The number of carbonyl (C=O) groups excluding carboxylic acids is 1. The van der Waals surface area contributed by atoms with Gasteiger partial charge in [-0.1, -0.05) is 6.92 Å². The Kier molecular flexibility index (Phi) is 4.68. The monoisotopic (exact) mass is 258 g/mol. The van der Waals surface area contributed by atoms with Crippen LogP contribution in [0.25, 0.3) is 0 Å². The molecule has 0 aromatic carbocycles. The average Bonchev–Trinajstić information content (AvgIpc) is 2.58. The van der Waals surface area contributed by atoms with Crippen molar-refractivity contribution in [3.05, 3.63) is 11.3 Å². The van der Waals surface area contributed by atoms with Gasteiger partial charge in [-0.2, -0.15) is 5.10 Å². The number of rotatable bonds is 5. The maximum Gasteiger partial charge on any atom is 0.256 e. The molecule has 0 radical (unpaired) electrons. The Bertz CT molecular complexity index is 410. The predicted molar refractivity (Wildman–Crippen MR) is 68.2 cm³/mol. The Morgan fingerprint density at radius 3 is 2.76 bits per heavy atom. The molecule has 2 atom stereocenters. The Labute approximate surface area is 103 Å². The van der Waals surface area contributed by atoms with Crippen molar-refractivity contribution in [2.75, 3.05) is 18.5 Å². The van der Waals surface area contributed by atoms with Crippen molar-refractivity contribution in [1.82, 2.24) is 15.5 Å². The number of nitrogen functional groups attached to an aromatic ring is 1. The summed E-state index contributed by atoms with van der Waals surface area (Å²) >= 11 is 0. The standard InChI is InChI=1S/C10H18N4O2S/c1-6(17(3)16)4-5-12-10(15)8-7(2)13-14-9(8)11/h6H,4-5H2,1-3H3,(H,12,15)(H3,11,13,14). The molecule has 0 spiro atoms. The lowest BCUT2D eigenvalue weighted by Crippen LogP contribution is -2.28. The van der Waals surface area contributed by atoms with Crippen LogP contribution >= 0.6 is 0 Å². The number of hydrogen-bond donors (Lipinski definition) is 3. The van der Waals surface area contributed by atoms with Crippen molar-refractivity contribution in [3.63, 3.8) is 0 Å². The summed E-state index contributed by atoms with van der Waals surface area (Å²) in [6.07, 6.45) is 2.33. The van der Waals surface area contributed by atoms with Crippen LogP contribution in [0, 0.1) is 6.92 Å². The molecule has 0 saturated carbocycles. The van der Waals surface area contributed by atoms with Crippen molar-refractivity contribution in [1.29, 1.82) is 0 Å². The van der Waals surface area contributed by atoms with E-state index in [-0.39, 0.29) is 17.0 Å². The minimum atomic E-state index is -0.865. The van der Waals surface area contributed by atoms with Gasteiger partial charge in [0.25, 0.3) is 5.91 Å². The molecule has 7 heteroatoms. The number of amides is 1. The summed E-state index contributed by atoms with van der Waals surface area (Å²) < 4.78 is 11.1. The van der Waals surface area contributed by atoms with E-state index in [1.807, 2.05) is 6.92 Å². The predicted octanol–water partition coefficient (Wildman–Crippen LogP) is 0.187. The van der Waals surface area contributed by atoms with Gasteiger partial charge >= 0.3 is 0 Å². The number of aromatic nitrogens is 2. The summed E-state index contributed by atoms with van der Waals surface area (Å²) in [4.78, 5) is 11.8. The molecule has 1 rings (SSSR count). The highest BCUT2D eigenvalue weighted by atomic mass is 32.2. The second kappa shape index (κ2) is 5.81. The molecule has 0 aliphatic heterocycles. The van der Waals surface area contributed by atoms with E-state index >= 15 is 0 Å². The molecule has 1 heterocycles. The van der Waals surface area contributed by atoms with E-state index in [1.165, 1.54) is 0 Å². The number of nitrogens with two attached hydrogens (primary N) is 1. The summed E-state index contributed by atoms with van der Waals surface area (Å²) in [6, 6.07) is 0. The number of aromatic amines is 1. The molecule has 0 aliphatic carbocycles. The van der Waals surface area contributed by atoms with Gasteiger partial charge in [0.1, 0.15) is 5.56 Å². The summed E-state index contributed by atoms with van der Waals surface area (Å²) in [5, 5.41) is 9.21. The fraction of sp³-hybridized carbons (Fsp3) is 0.600. The first-order chi connectivity index (χ1) is 7.93. The number of aryl methyl sites for hydroxylation is 1. The molecule has 17 heavy (non-hydrogen) atoms. The van der Waals surface area contributed by atoms with Crippen LogP contribution in [-0.2, 0) is 10.8 Å². The van der Waals surface area contributed by atoms with Crippen LogP contribution in [-0.4, -0.2) is 38.4 Å². The zero-order chi connectivity index (χ0) is 13.0. The third-order valence-corrected chi connectivity index (χ3v) is 3.97. The molecule has 0 aliphatic rings. The van der Waals surface area contributed by atoms with Crippen molar-refractivity contribution >= 4 is 22.5 Å². The van der Waals surface area contributed by atoms with Gasteiger partial charge in [0.15, 0.2) is 5.82 Å². The summed E-state index contributed by atoms with van der Waals surface area (Å²) in [5.41, 5.74) is 6.60. The number of anilines is 1. The summed E-state index contributed by atoms with van der Waals surface area (Å²) in [6.45, 7) is 4.10. The second-order valence-corrected chi connectivity index (χ2v) is 5.76. The Morgan fingerprint density at radius 2 is 2.29 bits per heavy atom. The maximum absolute atomic E-state index is 11.8. The third kappa shape index (κ3) is 3.55. The molecule has 4 N–H and O–H groups in total. The van der Waals surface area contributed by atoms with E-state index in [1.54, 1.807) is 13.2 Å². The van der Waals surface area contributed by atoms with Crippen LogP contribution in [0.4, 0.5) is 5.82 Å². The first kappa shape index (κ1) is 13.7. The topological polar surface area (TPSA) is 101 Å². The summed E-state index contributed by atoms with van der Waals surface area (Å²) in [5.74, 6) is -0.0463. The normalized spacial score (nSPS) is 14.3. The van der Waals surface area contributed by atoms with Gasteiger partial charge < -0.3 is 11.1 Å². The van der Waals surface area contributed by atoms with Crippen molar-refractivity contribution < 1.29 is 9.00 Å². The van der Waals surface area contributed by atoms with Crippen LogP contribution in [0.3, 0.4) is 0 Å². The van der Waals surface area contributed by atoms with Crippen LogP contribution < -0.4 is 11.1 Å². The van der Waals surface area contributed by atoms with E-state index in [4.69, 9.17) is 5.73 Å². The molecule has 1 amide bonds. The Morgan fingerprint density at radius 1 is 1.65 bits per heavy atom. The lowest BCUT2D eigenvalue weighted by molar-refractivity contribution is 0.0953. The van der Waals surface area contributed by atoms with Crippen molar-refractivity contribution in [3.8, 4) is 0 Å². The molecule has 6 nitrogen and oxygen atoms in total. The van der Waals surface area contributed by atoms with Gasteiger partial charge in [0.2, 0.25) is 0 Å². The lowest BCUT2D eigenvalue weighted by Gasteiger charge is -2.09. The molecule has 1 aromatic rings. The van der Waals surface area contributed by atoms with E-state index in [0.29, 0.717) is 24.2 Å². The molecule has 0 fully saturated rings. The van der Waals surface area contributed by atoms with E-state index in [2.05, 4.69) is 15.5 Å². The molecule has 0 bridgehead atoms. The van der Waals surface area contributed by atoms with Gasteiger partial charge in [0.05, 0.1) is 0 Å². The number of H-pyrrole nitrogens is 1. The van der Waals surface area contributed by atoms with Gasteiger partial charge in [-0.25, -0.2) is 0 Å². The first-order valence-corrected chi connectivity index (χ1v) is 6.96. The van der Waals surface area contributed by atoms with E-state index < -0.39 is 10.8 Å². The Hall–Kier alpha value is -1.37. The number of nitrogens with one attached hydrogen (secondary N) is 2. The van der Waals surface area contributed by atoms with Gasteiger partial charge in [-0.05, 0) is 13.3 Å². The number of carbonyl (C=O) groups is 1. The van der Waals surface area contributed by atoms with Crippen molar-refractivity contribution in [2.45, 2.75) is 25.5 Å². The lowest BCUT2D eigenvalue weighted by atomic mass is 10.2. The molecular formula is C10H18N4O2S. The highest BCUT2D eigenvalue weighted by molar-refractivity contribution is 7.84. The van der Waals surface area contributed by atoms with Crippen molar-refractivity contribution in [2.24, 2.45) is 0 Å². The van der Waals surface area contributed by atoms with Gasteiger partial charge in [-0.3, -0.25) is 14.1 Å². The fourth-order valence-corrected chi connectivity index (χ4v) is 1.83. The molecule has 0 saturated heterocycles. The average molecular weight is 258 g/mol. The zero-order valence-corrected chi connectivity index (χ0v) is 11.1. The zero-order valence-electron chi connectivity index (χ0n) is 10.2. The highest BCUT2D eigenvalue weighted by Crippen LogP contribution is 2.11. The largest absolute Gasteiger partial charge is 0.382 e. The Balaban J connectivity index is 2.49. The van der Waals surface area contributed by atoms with Crippen LogP contribution in [0.1, 0.15) is 29.4 Å². The third-order valence-electron chi connectivity index (χ3n) is 2.61. The maximum atomic E-state index is 11.8. The fourth-order valence-electron chi connectivity index (χ4n) is 1.38. The molecular weight excluding hydrogens is 240 g/mol. The van der Waals surface area contributed by atoms with Gasteiger partial charge in [0, 0.05) is 34.5 Å². The molecule has 96 valence electrons. The SMILES string of the molecule is Cc1[nH]nc(N)c1C(=O)NCCC(C)S(C)=O. The second-order valence-electron chi connectivity index (χ2n) is 3.96. The number of hydrogen-bond acceptors (Lipinski definition) is 4. The molecule has 2 unspecified atom stereocenters. The van der Waals surface area contributed by atoms with Crippen LogP contribution in [0.5, 0.6) is 0 Å². The summed E-state index contributed by atoms with van der Waals surface area (Å²) in [7, 11) is -0.865. The number of nitrogens with zero attached hydrogens (tertiary/aromatic N) is 1. The molecule has 1 aromatic heterocycles. The van der Waals surface area contributed by atoms with E-state index in [9.17, 15) is 9.00 Å². The highest BCUT2D eigenvalue weighted by Gasteiger charge is 2.16. The minimum Gasteiger partial charge on any atom is -0.382 e. The first-order valence-electron chi connectivity index (χ1n) is 5.34. The smallest absolute Gasteiger partial charge is 0.256 e. The van der Waals surface area contributed by atoms with Crippen LogP contribution in [0.2, 0.25) is 0 Å². The van der Waals surface area contributed by atoms with Crippen LogP contribution in [0.15, 0.2) is 0 Å². The van der Waals surface area contributed by atoms with Gasteiger partial charge in [-0.15, -0.1) is 0 Å². The van der Waals surface area contributed by atoms with E-state index in [0.717, 1.165) is 0 Å². The minimum absolute atomic E-state index is 0.0677.